The van der Waals surface area contributed by atoms with Gasteiger partial charge in [-0.05, 0) is 20.1 Å². The molecule has 0 amide bonds. The fraction of sp³-hybridized carbons (Fsp3) is 0.833. The molecular formula is C6H12OS2. The summed E-state index contributed by atoms with van der Waals surface area (Å²) >= 11 is 3.46. The molecule has 0 aromatic heterocycles. The van der Waals surface area contributed by atoms with Gasteiger partial charge >= 0.3 is 0 Å². The van der Waals surface area contributed by atoms with Crippen LogP contribution in [0.5, 0.6) is 0 Å². The summed E-state index contributed by atoms with van der Waals surface area (Å²) in [5.74, 6) is 0.272. The van der Waals surface area contributed by atoms with Gasteiger partial charge in [-0.3, -0.25) is 4.79 Å². The molecule has 1 unspecified atom stereocenters. The Bertz CT molecular complexity index is 93.1. The molecule has 0 fully saturated rings. The highest BCUT2D eigenvalue weighted by molar-refractivity contribution is 8.16. The van der Waals surface area contributed by atoms with Crippen LogP contribution >= 0.6 is 23.5 Å². The maximum atomic E-state index is 10.6. The molecule has 0 aliphatic carbocycles. The Balaban J connectivity index is 3.27. The van der Waals surface area contributed by atoms with E-state index in [0.717, 1.165) is 5.08 Å². The predicted octanol–water partition coefficient (Wildman–Crippen LogP) is 2.02. The third-order valence-corrected chi connectivity index (χ3v) is 3.33. The number of thioether (sulfide) groups is 2. The molecular weight excluding hydrogens is 152 g/mol. The van der Waals surface area contributed by atoms with Crippen LogP contribution < -0.4 is 0 Å². The zero-order valence-corrected chi connectivity index (χ0v) is 7.64. The lowest BCUT2D eigenvalue weighted by Crippen LogP contribution is -2.07. The molecule has 0 saturated carbocycles. The van der Waals surface area contributed by atoms with Crippen molar-refractivity contribution in [3.8, 4) is 0 Å². The molecule has 0 aliphatic rings. The van der Waals surface area contributed by atoms with Crippen LogP contribution in [0.1, 0.15) is 13.8 Å². The maximum Gasteiger partial charge on any atom is 0.142 e. The zero-order valence-electron chi connectivity index (χ0n) is 6.01. The molecule has 54 valence electrons. The highest BCUT2D eigenvalue weighted by Crippen LogP contribution is 2.15. The van der Waals surface area contributed by atoms with Crippen LogP contribution in [0.4, 0.5) is 0 Å². The molecule has 0 saturated heterocycles. The van der Waals surface area contributed by atoms with E-state index in [4.69, 9.17) is 0 Å². The normalized spacial score (nSPS) is 13.2. The van der Waals surface area contributed by atoms with E-state index in [-0.39, 0.29) is 11.0 Å². The maximum absolute atomic E-state index is 10.6. The second-order valence-corrected chi connectivity index (χ2v) is 4.39. The quantitative estimate of drug-likeness (QED) is 0.592. The summed E-state index contributed by atoms with van der Waals surface area (Å²) in [5, 5.41) is 1.19. The van der Waals surface area contributed by atoms with Gasteiger partial charge in [-0.2, -0.15) is 11.8 Å². The molecule has 0 spiro atoms. The van der Waals surface area contributed by atoms with Gasteiger partial charge in [0, 0.05) is 5.08 Å². The topological polar surface area (TPSA) is 17.1 Å². The van der Waals surface area contributed by atoms with Crippen LogP contribution in [-0.4, -0.2) is 22.4 Å². The molecule has 1 nitrogen and oxygen atoms in total. The first kappa shape index (κ1) is 9.37. The summed E-state index contributed by atoms with van der Waals surface area (Å²) in [6, 6.07) is 0. The minimum absolute atomic E-state index is 0.178. The lowest BCUT2D eigenvalue weighted by Gasteiger charge is -2.03. The lowest BCUT2D eigenvalue weighted by atomic mass is 10.3. The first-order valence-electron chi connectivity index (χ1n) is 2.79. The number of hydrogen-bond acceptors (Lipinski definition) is 3. The fourth-order valence-corrected chi connectivity index (χ4v) is 1.88. The summed E-state index contributed by atoms with van der Waals surface area (Å²) in [6.07, 6.45) is 2.04. The molecule has 0 rings (SSSR count). The van der Waals surface area contributed by atoms with E-state index in [1.807, 2.05) is 13.2 Å². The number of carbonyl (C=O) groups excluding carboxylic acids is 1. The monoisotopic (exact) mass is 164 g/mol. The Labute approximate surface area is 65.0 Å². The molecule has 0 heterocycles. The van der Waals surface area contributed by atoms with Gasteiger partial charge in [-0.25, -0.2) is 0 Å². The highest BCUT2D eigenvalue weighted by atomic mass is 32.2. The van der Waals surface area contributed by atoms with E-state index in [0.29, 0.717) is 0 Å². The van der Waals surface area contributed by atoms with Gasteiger partial charge in [0.15, 0.2) is 0 Å². The van der Waals surface area contributed by atoms with Gasteiger partial charge in [-0.1, -0.05) is 0 Å². The standard InChI is InChI=1S/C6H12OS2/c1-5(7)6(2)9-4-8-3/h6H,4H2,1-3H3. The first-order valence-corrected chi connectivity index (χ1v) is 5.23. The average molecular weight is 164 g/mol. The zero-order chi connectivity index (χ0) is 7.28. The van der Waals surface area contributed by atoms with E-state index in [9.17, 15) is 4.79 Å². The molecule has 0 aliphatic heterocycles. The number of hydrogen-bond donors (Lipinski definition) is 0. The van der Waals surface area contributed by atoms with E-state index >= 15 is 0 Å². The van der Waals surface area contributed by atoms with Crippen molar-refractivity contribution in [2.45, 2.75) is 19.1 Å². The molecule has 0 N–H and O–H groups in total. The Morgan fingerprint density at radius 3 is 2.56 bits per heavy atom. The van der Waals surface area contributed by atoms with E-state index < -0.39 is 0 Å². The predicted molar refractivity (Wildman–Crippen MR) is 46.1 cm³/mol. The third kappa shape index (κ3) is 4.85. The van der Waals surface area contributed by atoms with Crippen LogP contribution in [0.2, 0.25) is 0 Å². The minimum atomic E-state index is 0.178. The first-order chi connectivity index (χ1) is 4.18. The lowest BCUT2D eigenvalue weighted by molar-refractivity contribution is -0.116. The number of carbonyl (C=O) groups is 1. The van der Waals surface area contributed by atoms with Gasteiger partial charge in [0.05, 0.1) is 5.25 Å². The molecule has 1 atom stereocenters. The van der Waals surface area contributed by atoms with E-state index in [2.05, 4.69) is 0 Å². The van der Waals surface area contributed by atoms with Crippen molar-refractivity contribution < 1.29 is 4.79 Å². The van der Waals surface area contributed by atoms with Crippen molar-refractivity contribution in [3.63, 3.8) is 0 Å². The van der Waals surface area contributed by atoms with Crippen LogP contribution in [0.15, 0.2) is 0 Å². The fourth-order valence-electron chi connectivity index (χ4n) is 0.287. The van der Waals surface area contributed by atoms with Gasteiger partial charge in [0.1, 0.15) is 5.78 Å². The minimum Gasteiger partial charge on any atom is -0.299 e. The van der Waals surface area contributed by atoms with Crippen LogP contribution in [0, 0.1) is 0 Å². The average Bonchev–Trinajstić information content (AvgIpc) is 1.82. The summed E-state index contributed by atoms with van der Waals surface area (Å²) in [7, 11) is 0. The molecule has 9 heavy (non-hydrogen) atoms. The second-order valence-electron chi connectivity index (χ2n) is 1.83. The SMILES string of the molecule is CSCSC(C)C(C)=O. The van der Waals surface area contributed by atoms with Gasteiger partial charge in [-0.15, -0.1) is 11.8 Å². The Morgan fingerprint density at radius 2 is 2.22 bits per heavy atom. The van der Waals surface area contributed by atoms with Gasteiger partial charge < -0.3 is 0 Å². The van der Waals surface area contributed by atoms with Crippen molar-refractivity contribution in [1.29, 1.82) is 0 Å². The smallest absolute Gasteiger partial charge is 0.142 e. The summed E-state index contributed by atoms with van der Waals surface area (Å²) in [6.45, 7) is 3.58. The molecule has 0 aromatic carbocycles. The molecule has 0 bridgehead atoms. The highest BCUT2D eigenvalue weighted by Gasteiger charge is 2.05. The van der Waals surface area contributed by atoms with Crippen LogP contribution in [-0.2, 0) is 4.79 Å². The summed E-state index contributed by atoms with van der Waals surface area (Å²) in [5.41, 5.74) is 0. The van der Waals surface area contributed by atoms with Crippen LogP contribution in [0.25, 0.3) is 0 Å². The van der Waals surface area contributed by atoms with Crippen molar-refractivity contribution >= 4 is 29.3 Å². The number of rotatable bonds is 4. The van der Waals surface area contributed by atoms with Crippen molar-refractivity contribution in [1.82, 2.24) is 0 Å². The Morgan fingerprint density at radius 1 is 1.67 bits per heavy atom. The van der Waals surface area contributed by atoms with Crippen molar-refractivity contribution in [3.05, 3.63) is 0 Å². The molecule has 0 aromatic rings. The molecule has 3 heteroatoms. The number of ketones is 1. The number of Topliss-reactive ketones (excluding diaryl/α,β-unsaturated/α-hetero) is 1. The Kier molecular flexibility index (Phi) is 5.39. The third-order valence-electron chi connectivity index (χ3n) is 1.01. The van der Waals surface area contributed by atoms with Crippen molar-refractivity contribution in [2.75, 3.05) is 11.3 Å². The second kappa shape index (κ2) is 5.18. The van der Waals surface area contributed by atoms with Gasteiger partial charge in [0.2, 0.25) is 0 Å². The largest absolute Gasteiger partial charge is 0.299 e. The van der Waals surface area contributed by atoms with Crippen LogP contribution in [0.3, 0.4) is 0 Å². The summed E-state index contributed by atoms with van der Waals surface area (Å²) < 4.78 is 0. The Hall–Kier alpha value is 0.370. The van der Waals surface area contributed by atoms with E-state index in [1.54, 1.807) is 30.4 Å². The van der Waals surface area contributed by atoms with Gasteiger partial charge in [0.25, 0.3) is 0 Å². The molecule has 0 radical (unpaired) electrons. The summed E-state index contributed by atoms with van der Waals surface area (Å²) in [4.78, 5) is 10.6. The van der Waals surface area contributed by atoms with Crippen molar-refractivity contribution in [2.24, 2.45) is 0 Å². The van der Waals surface area contributed by atoms with E-state index in [1.165, 1.54) is 0 Å².